The number of methoxy groups -OCH3 is 1. The van der Waals surface area contributed by atoms with Crippen molar-refractivity contribution in [3.63, 3.8) is 0 Å². The summed E-state index contributed by atoms with van der Waals surface area (Å²) in [6.07, 6.45) is 0.264. The molecule has 0 fully saturated rings. The van der Waals surface area contributed by atoms with Crippen LogP contribution in [-0.2, 0) is 4.74 Å². The van der Waals surface area contributed by atoms with Gasteiger partial charge >= 0.3 is 5.97 Å². The number of carbonyl (C=O) groups excluding carboxylic acids is 1. The van der Waals surface area contributed by atoms with Gasteiger partial charge in [-0.1, -0.05) is 20.3 Å². The maximum atomic E-state index is 11.4. The summed E-state index contributed by atoms with van der Waals surface area (Å²) in [4.78, 5) is 16.1. The fourth-order valence-electron chi connectivity index (χ4n) is 1.29. The van der Waals surface area contributed by atoms with Crippen molar-refractivity contribution in [2.45, 2.75) is 33.3 Å². The summed E-state index contributed by atoms with van der Waals surface area (Å²) in [5.74, 6) is -0.256. The Bertz CT molecular complexity index is 375. The molecule has 0 aliphatic heterocycles. The smallest absolute Gasteiger partial charge is 0.349 e. The van der Waals surface area contributed by atoms with Crippen molar-refractivity contribution in [1.82, 2.24) is 4.98 Å². The molecule has 4 nitrogen and oxygen atoms in total. The van der Waals surface area contributed by atoms with E-state index in [1.54, 1.807) is 6.92 Å². The summed E-state index contributed by atoms with van der Waals surface area (Å²) in [5.41, 5.74) is 0.620. The minimum Gasteiger partial charge on any atom is -0.465 e. The SMILES string of the molecule is CCC(C)C(O)c1nc(C)c(C(=O)OC)s1. The Labute approximate surface area is 99.3 Å². The average Bonchev–Trinajstić information content (AvgIpc) is 2.68. The molecule has 1 heterocycles. The molecular weight excluding hydrogens is 226 g/mol. The molecular formula is C11H17NO3S. The molecule has 0 radical (unpaired) electrons. The van der Waals surface area contributed by atoms with Gasteiger partial charge in [-0.25, -0.2) is 9.78 Å². The maximum absolute atomic E-state index is 11.4. The zero-order valence-corrected chi connectivity index (χ0v) is 10.8. The van der Waals surface area contributed by atoms with Crippen LogP contribution in [0.4, 0.5) is 0 Å². The second-order valence-corrected chi connectivity index (χ2v) is 4.82. The molecule has 0 aliphatic carbocycles. The van der Waals surface area contributed by atoms with Crippen LogP contribution < -0.4 is 0 Å². The number of aliphatic hydroxyl groups is 1. The number of nitrogens with zero attached hydrogens (tertiary/aromatic N) is 1. The van der Waals surface area contributed by atoms with E-state index in [1.165, 1.54) is 18.4 Å². The molecule has 2 atom stereocenters. The number of hydrogen-bond acceptors (Lipinski definition) is 5. The Morgan fingerprint density at radius 3 is 2.75 bits per heavy atom. The fraction of sp³-hybridized carbons (Fsp3) is 0.636. The highest BCUT2D eigenvalue weighted by atomic mass is 32.1. The van der Waals surface area contributed by atoms with E-state index >= 15 is 0 Å². The molecule has 5 heteroatoms. The summed E-state index contributed by atoms with van der Waals surface area (Å²) in [6, 6.07) is 0. The van der Waals surface area contributed by atoms with E-state index in [2.05, 4.69) is 9.72 Å². The van der Waals surface area contributed by atoms with Crippen molar-refractivity contribution >= 4 is 17.3 Å². The number of aromatic nitrogens is 1. The Hall–Kier alpha value is -0.940. The Morgan fingerprint density at radius 2 is 2.25 bits per heavy atom. The van der Waals surface area contributed by atoms with Crippen molar-refractivity contribution < 1.29 is 14.6 Å². The van der Waals surface area contributed by atoms with Crippen LogP contribution in [0.5, 0.6) is 0 Å². The van der Waals surface area contributed by atoms with Gasteiger partial charge in [0, 0.05) is 0 Å². The first-order valence-corrected chi connectivity index (χ1v) is 6.06. The van der Waals surface area contributed by atoms with Crippen LogP contribution in [0.25, 0.3) is 0 Å². The third-order valence-corrected chi connectivity index (χ3v) is 3.83. The predicted octanol–water partition coefficient (Wildman–Crippen LogP) is 2.32. The highest BCUT2D eigenvalue weighted by Gasteiger charge is 2.22. The molecule has 0 aliphatic rings. The summed E-state index contributed by atoms with van der Waals surface area (Å²) in [7, 11) is 1.34. The lowest BCUT2D eigenvalue weighted by Gasteiger charge is -2.13. The first-order chi connectivity index (χ1) is 7.51. The van der Waals surface area contributed by atoms with Gasteiger partial charge in [0.15, 0.2) is 0 Å². The molecule has 16 heavy (non-hydrogen) atoms. The lowest BCUT2D eigenvalue weighted by Crippen LogP contribution is -2.07. The highest BCUT2D eigenvalue weighted by Crippen LogP contribution is 2.29. The van der Waals surface area contributed by atoms with Gasteiger partial charge in [0.1, 0.15) is 16.0 Å². The molecule has 1 rings (SSSR count). The normalized spacial score (nSPS) is 14.6. The van der Waals surface area contributed by atoms with E-state index in [0.29, 0.717) is 15.6 Å². The Balaban J connectivity index is 2.96. The van der Waals surface area contributed by atoms with E-state index in [9.17, 15) is 9.90 Å². The maximum Gasteiger partial charge on any atom is 0.349 e. The number of rotatable bonds is 4. The van der Waals surface area contributed by atoms with Crippen LogP contribution in [0.15, 0.2) is 0 Å². The Kier molecular flexibility index (Phi) is 4.44. The van der Waals surface area contributed by atoms with E-state index in [1.807, 2.05) is 13.8 Å². The van der Waals surface area contributed by atoms with Gasteiger partial charge in [-0.2, -0.15) is 0 Å². The van der Waals surface area contributed by atoms with E-state index < -0.39 is 12.1 Å². The lowest BCUT2D eigenvalue weighted by atomic mass is 10.0. The second kappa shape index (κ2) is 5.41. The molecule has 0 spiro atoms. The van der Waals surface area contributed by atoms with E-state index in [0.717, 1.165) is 6.42 Å². The number of hydrogen-bond donors (Lipinski definition) is 1. The van der Waals surface area contributed by atoms with E-state index in [4.69, 9.17) is 0 Å². The summed E-state index contributed by atoms with van der Waals surface area (Å²) < 4.78 is 4.65. The van der Waals surface area contributed by atoms with Crippen LogP contribution in [0.3, 0.4) is 0 Å². The zero-order chi connectivity index (χ0) is 12.3. The minimum absolute atomic E-state index is 0.135. The molecule has 1 aromatic heterocycles. The van der Waals surface area contributed by atoms with Crippen molar-refractivity contribution in [3.8, 4) is 0 Å². The number of esters is 1. The van der Waals surface area contributed by atoms with Gasteiger partial charge in [-0.15, -0.1) is 11.3 Å². The number of carbonyl (C=O) groups is 1. The number of aryl methyl sites for hydroxylation is 1. The molecule has 90 valence electrons. The van der Waals surface area contributed by atoms with Gasteiger partial charge in [-0.05, 0) is 12.8 Å². The predicted molar refractivity (Wildman–Crippen MR) is 62.6 cm³/mol. The van der Waals surface area contributed by atoms with Crippen molar-refractivity contribution in [3.05, 3.63) is 15.6 Å². The molecule has 1 N–H and O–H groups in total. The molecule has 2 unspecified atom stereocenters. The molecule has 0 saturated heterocycles. The molecule has 0 bridgehead atoms. The van der Waals surface area contributed by atoms with Gasteiger partial charge in [-0.3, -0.25) is 0 Å². The lowest BCUT2D eigenvalue weighted by molar-refractivity contribution is 0.0605. The van der Waals surface area contributed by atoms with Crippen LogP contribution >= 0.6 is 11.3 Å². The largest absolute Gasteiger partial charge is 0.465 e. The van der Waals surface area contributed by atoms with Crippen molar-refractivity contribution in [2.75, 3.05) is 7.11 Å². The van der Waals surface area contributed by atoms with Gasteiger partial charge in [0.05, 0.1) is 12.8 Å². The first-order valence-electron chi connectivity index (χ1n) is 5.24. The second-order valence-electron chi connectivity index (χ2n) is 3.79. The van der Waals surface area contributed by atoms with Crippen LogP contribution in [0, 0.1) is 12.8 Å². The quantitative estimate of drug-likeness (QED) is 0.824. The molecule has 0 aromatic carbocycles. The third-order valence-electron chi connectivity index (χ3n) is 2.62. The molecule has 0 saturated carbocycles. The monoisotopic (exact) mass is 243 g/mol. The number of ether oxygens (including phenoxy) is 1. The number of thiazole rings is 1. The first kappa shape index (κ1) is 13.1. The van der Waals surface area contributed by atoms with Gasteiger partial charge < -0.3 is 9.84 Å². The van der Waals surface area contributed by atoms with E-state index in [-0.39, 0.29) is 5.92 Å². The van der Waals surface area contributed by atoms with Crippen molar-refractivity contribution in [1.29, 1.82) is 0 Å². The highest BCUT2D eigenvalue weighted by molar-refractivity contribution is 7.13. The average molecular weight is 243 g/mol. The summed E-state index contributed by atoms with van der Waals surface area (Å²) in [6.45, 7) is 5.71. The van der Waals surface area contributed by atoms with Crippen LogP contribution in [0.2, 0.25) is 0 Å². The fourth-order valence-corrected chi connectivity index (χ4v) is 2.40. The zero-order valence-electron chi connectivity index (χ0n) is 9.98. The molecule has 1 aromatic rings. The van der Waals surface area contributed by atoms with Crippen LogP contribution in [0.1, 0.15) is 46.7 Å². The standard InChI is InChI=1S/C11H17NO3S/c1-5-6(2)8(13)10-12-7(3)9(16-10)11(14)15-4/h6,8,13H,5H2,1-4H3. The molecule has 0 amide bonds. The van der Waals surface area contributed by atoms with Gasteiger partial charge in [0.25, 0.3) is 0 Å². The summed E-state index contributed by atoms with van der Waals surface area (Å²) in [5, 5.41) is 10.6. The Morgan fingerprint density at radius 1 is 1.62 bits per heavy atom. The third kappa shape index (κ3) is 2.59. The minimum atomic E-state index is -0.605. The summed E-state index contributed by atoms with van der Waals surface area (Å²) >= 11 is 1.21. The number of aliphatic hydroxyl groups excluding tert-OH is 1. The van der Waals surface area contributed by atoms with Gasteiger partial charge in [0.2, 0.25) is 0 Å². The topological polar surface area (TPSA) is 59.4 Å². The van der Waals surface area contributed by atoms with Crippen LogP contribution in [-0.4, -0.2) is 23.2 Å². The van der Waals surface area contributed by atoms with Crippen molar-refractivity contribution in [2.24, 2.45) is 5.92 Å².